The lowest BCUT2D eigenvalue weighted by atomic mass is 10.3. The van der Waals surface area contributed by atoms with Crippen LogP contribution in [0.5, 0.6) is 0 Å². The summed E-state index contributed by atoms with van der Waals surface area (Å²) in [5.74, 6) is -1.32. The van der Waals surface area contributed by atoms with Crippen molar-refractivity contribution in [3.63, 3.8) is 0 Å². The first-order chi connectivity index (χ1) is 9.28. The highest BCUT2D eigenvalue weighted by Crippen LogP contribution is 2.17. The van der Waals surface area contributed by atoms with Gasteiger partial charge in [-0.05, 0) is 6.92 Å². The zero-order chi connectivity index (χ0) is 14.9. The molecule has 0 radical (unpaired) electrons. The maximum atomic E-state index is 12.0. The van der Waals surface area contributed by atoms with Crippen LogP contribution in [0.1, 0.15) is 21.8 Å². The molecule has 0 amide bonds. The maximum absolute atomic E-state index is 12.0. The number of carboxylic acids is 1. The normalized spacial score (nSPS) is 11.5. The fourth-order valence-corrected chi connectivity index (χ4v) is 2.71. The number of hydrogen-bond donors (Lipinski definition) is 2. The van der Waals surface area contributed by atoms with Gasteiger partial charge in [0.2, 0.25) is 10.0 Å². The number of hydrogen-bond acceptors (Lipinski definition) is 6. The van der Waals surface area contributed by atoms with E-state index in [1.54, 1.807) is 6.92 Å². The van der Waals surface area contributed by atoms with E-state index in [2.05, 4.69) is 15.0 Å². The fourth-order valence-electron chi connectivity index (χ4n) is 1.58. The first kappa shape index (κ1) is 14.1. The second kappa shape index (κ2) is 4.96. The second-order valence-corrected chi connectivity index (χ2v) is 5.85. The van der Waals surface area contributed by atoms with Crippen molar-refractivity contribution in [3.8, 4) is 0 Å². The van der Waals surface area contributed by atoms with Crippen molar-refractivity contribution in [2.24, 2.45) is 7.05 Å². The van der Waals surface area contributed by atoms with Gasteiger partial charge in [0.25, 0.3) is 0 Å². The SMILES string of the molecule is Cc1cc(CS(=O)(=O)Nc2c(C(=O)O)cnn2C)no1. The number of anilines is 1. The third-order valence-corrected chi connectivity index (χ3v) is 3.62. The largest absolute Gasteiger partial charge is 0.477 e. The van der Waals surface area contributed by atoms with Crippen LogP contribution < -0.4 is 4.72 Å². The first-order valence-corrected chi connectivity index (χ1v) is 7.12. The van der Waals surface area contributed by atoms with Gasteiger partial charge >= 0.3 is 5.97 Å². The fraction of sp³-hybridized carbons (Fsp3) is 0.300. The standard InChI is InChI=1S/C10H12N4O5S/c1-6-3-7(12-19-6)5-20(17,18)13-9-8(10(15)16)4-11-14(9)2/h3-4,13H,5H2,1-2H3,(H,15,16). The maximum Gasteiger partial charge on any atom is 0.341 e. The zero-order valence-corrected chi connectivity index (χ0v) is 11.5. The van der Waals surface area contributed by atoms with E-state index in [4.69, 9.17) is 9.63 Å². The van der Waals surface area contributed by atoms with Crippen LogP contribution in [0.2, 0.25) is 0 Å². The third-order valence-electron chi connectivity index (χ3n) is 2.44. The molecule has 2 N–H and O–H groups in total. The molecule has 0 aliphatic rings. The predicted molar refractivity (Wildman–Crippen MR) is 67.7 cm³/mol. The number of aromatic nitrogens is 3. The number of aromatic carboxylic acids is 1. The average molecular weight is 300 g/mol. The minimum absolute atomic E-state index is 0.113. The quantitative estimate of drug-likeness (QED) is 0.815. The van der Waals surface area contributed by atoms with E-state index in [0.29, 0.717) is 5.76 Å². The molecule has 2 heterocycles. The molecule has 0 aromatic carbocycles. The van der Waals surface area contributed by atoms with Gasteiger partial charge in [-0.25, -0.2) is 13.2 Å². The van der Waals surface area contributed by atoms with Crippen LogP contribution in [0.4, 0.5) is 5.82 Å². The van der Waals surface area contributed by atoms with Crippen LogP contribution >= 0.6 is 0 Å². The van der Waals surface area contributed by atoms with Crippen LogP contribution in [0.25, 0.3) is 0 Å². The Morgan fingerprint density at radius 3 is 2.80 bits per heavy atom. The van der Waals surface area contributed by atoms with Crippen molar-refractivity contribution >= 4 is 21.8 Å². The van der Waals surface area contributed by atoms with Gasteiger partial charge in [0.05, 0.1) is 6.20 Å². The highest BCUT2D eigenvalue weighted by molar-refractivity contribution is 7.91. The molecule has 10 heteroatoms. The first-order valence-electron chi connectivity index (χ1n) is 5.46. The van der Waals surface area contributed by atoms with Crippen molar-refractivity contribution in [1.29, 1.82) is 0 Å². The molecule has 20 heavy (non-hydrogen) atoms. The average Bonchev–Trinajstić information content (AvgIpc) is 2.86. The number of nitrogens with one attached hydrogen (secondary N) is 1. The third kappa shape index (κ3) is 2.96. The summed E-state index contributed by atoms with van der Waals surface area (Å²) < 4.78 is 32.0. The molecule has 9 nitrogen and oxygen atoms in total. The Bertz CT molecular complexity index is 746. The molecule has 0 atom stereocenters. The summed E-state index contributed by atoms with van der Waals surface area (Å²) in [4.78, 5) is 11.0. The Labute approximate surface area is 114 Å². The molecule has 2 rings (SSSR count). The minimum atomic E-state index is -3.82. The van der Waals surface area contributed by atoms with E-state index in [-0.39, 0.29) is 17.1 Å². The summed E-state index contributed by atoms with van der Waals surface area (Å²) in [5, 5.41) is 16.2. The van der Waals surface area contributed by atoms with Gasteiger partial charge in [0.1, 0.15) is 22.8 Å². The molecular formula is C10H12N4O5S. The highest BCUT2D eigenvalue weighted by atomic mass is 32.2. The Kier molecular flexibility index (Phi) is 3.49. The monoisotopic (exact) mass is 300 g/mol. The number of carbonyl (C=O) groups is 1. The van der Waals surface area contributed by atoms with Crippen LogP contribution in [0.3, 0.4) is 0 Å². The number of carboxylic acid groups (broad SMARTS) is 1. The molecule has 2 aromatic heterocycles. The van der Waals surface area contributed by atoms with Crippen molar-refractivity contribution in [3.05, 3.63) is 29.3 Å². The highest BCUT2D eigenvalue weighted by Gasteiger charge is 2.21. The van der Waals surface area contributed by atoms with E-state index in [0.717, 1.165) is 10.9 Å². The van der Waals surface area contributed by atoms with Crippen LogP contribution in [-0.4, -0.2) is 34.4 Å². The Morgan fingerprint density at radius 2 is 2.25 bits per heavy atom. The van der Waals surface area contributed by atoms with E-state index >= 15 is 0 Å². The lowest BCUT2D eigenvalue weighted by Crippen LogP contribution is -2.19. The van der Waals surface area contributed by atoms with Crippen LogP contribution in [0, 0.1) is 6.92 Å². The summed E-state index contributed by atoms with van der Waals surface area (Å²) in [6.07, 6.45) is 1.07. The molecule has 0 spiro atoms. The lowest BCUT2D eigenvalue weighted by molar-refractivity contribution is 0.0698. The molecule has 0 unspecified atom stereocenters. The van der Waals surface area contributed by atoms with Gasteiger partial charge in [-0.15, -0.1) is 0 Å². The molecule has 0 aliphatic heterocycles. The van der Waals surface area contributed by atoms with E-state index in [1.807, 2.05) is 0 Å². The van der Waals surface area contributed by atoms with E-state index in [1.165, 1.54) is 13.1 Å². The summed E-state index contributed by atoms with van der Waals surface area (Å²) in [7, 11) is -2.38. The molecule has 0 saturated heterocycles. The topological polar surface area (TPSA) is 127 Å². The van der Waals surface area contributed by atoms with Gasteiger partial charge in [0.15, 0.2) is 5.82 Å². The van der Waals surface area contributed by atoms with Crippen molar-refractivity contribution in [2.45, 2.75) is 12.7 Å². The molecule has 0 bridgehead atoms. The van der Waals surface area contributed by atoms with Gasteiger partial charge in [-0.3, -0.25) is 9.40 Å². The molecule has 0 aliphatic carbocycles. The Hall–Kier alpha value is -2.36. The number of aryl methyl sites for hydroxylation is 2. The number of sulfonamides is 1. The van der Waals surface area contributed by atoms with E-state index in [9.17, 15) is 13.2 Å². The Morgan fingerprint density at radius 1 is 1.55 bits per heavy atom. The van der Waals surface area contributed by atoms with Crippen LogP contribution in [-0.2, 0) is 22.8 Å². The summed E-state index contributed by atoms with van der Waals surface area (Å²) in [6.45, 7) is 1.64. The van der Waals surface area contributed by atoms with Gasteiger partial charge in [0, 0.05) is 13.1 Å². The van der Waals surface area contributed by atoms with Crippen molar-refractivity contribution in [1.82, 2.24) is 14.9 Å². The molecule has 0 fully saturated rings. The molecule has 0 saturated carbocycles. The minimum Gasteiger partial charge on any atom is -0.477 e. The van der Waals surface area contributed by atoms with E-state index < -0.39 is 21.7 Å². The summed E-state index contributed by atoms with van der Waals surface area (Å²) in [6, 6.07) is 1.49. The smallest absolute Gasteiger partial charge is 0.341 e. The summed E-state index contributed by atoms with van der Waals surface area (Å²) >= 11 is 0. The molecule has 2 aromatic rings. The Balaban J connectivity index is 2.24. The van der Waals surface area contributed by atoms with Gasteiger partial charge < -0.3 is 9.63 Å². The van der Waals surface area contributed by atoms with Crippen molar-refractivity contribution < 1.29 is 22.8 Å². The van der Waals surface area contributed by atoms with Gasteiger partial charge in [-0.1, -0.05) is 5.16 Å². The van der Waals surface area contributed by atoms with Crippen molar-refractivity contribution in [2.75, 3.05) is 4.72 Å². The predicted octanol–water partition coefficient (Wildman–Crippen LogP) is 0.357. The molecular weight excluding hydrogens is 288 g/mol. The number of rotatable bonds is 5. The zero-order valence-electron chi connectivity index (χ0n) is 10.7. The second-order valence-electron chi connectivity index (χ2n) is 4.13. The van der Waals surface area contributed by atoms with Gasteiger partial charge in [-0.2, -0.15) is 5.10 Å². The number of nitrogens with zero attached hydrogens (tertiary/aromatic N) is 3. The summed E-state index contributed by atoms with van der Waals surface area (Å²) in [5.41, 5.74) is 0.00134. The lowest BCUT2D eigenvalue weighted by Gasteiger charge is -2.07. The molecule has 108 valence electrons. The van der Waals surface area contributed by atoms with Crippen LogP contribution in [0.15, 0.2) is 16.8 Å².